The first-order chi connectivity index (χ1) is 8.72. The second-order valence-electron chi connectivity index (χ2n) is 4.24. The van der Waals surface area contributed by atoms with Crippen molar-refractivity contribution in [3.8, 4) is 0 Å². The number of nitrogens with two attached hydrogens (primary N) is 1. The first-order valence-corrected chi connectivity index (χ1v) is 7.61. The maximum atomic E-state index is 11.6. The fourth-order valence-corrected chi connectivity index (χ4v) is 2.45. The van der Waals surface area contributed by atoms with Gasteiger partial charge in [0.2, 0.25) is 5.91 Å². The molecule has 0 heterocycles. The number of nitrogens with one attached hydrogen (secondary N) is 1. The number of carbonyl (C=O) groups excluding carboxylic acids is 1. The van der Waals surface area contributed by atoms with Crippen LogP contribution in [0.5, 0.6) is 0 Å². The molecule has 1 amide bonds. The third kappa shape index (κ3) is 6.55. The summed E-state index contributed by atoms with van der Waals surface area (Å²) in [7, 11) is 0. The molecule has 3 N–H and O–H groups in total. The summed E-state index contributed by atoms with van der Waals surface area (Å²) in [5.41, 5.74) is 7.10. The van der Waals surface area contributed by atoms with Crippen molar-refractivity contribution in [2.75, 3.05) is 22.6 Å². The van der Waals surface area contributed by atoms with Crippen molar-refractivity contribution in [1.82, 2.24) is 0 Å². The summed E-state index contributed by atoms with van der Waals surface area (Å²) in [6.45, 7) is 2.20. The number of nitrogen functional groups attached to an aromatic ring is 1. The van der Waals surface area contributed by atoms with Crippen LogP contribution < -0.4 is 11.1 Å². The molecule has 0 aromatic heterocycles. The maximum absolute atomic E-state index is 11.6. The van der Waals surface area contributed by atoms with Gasteiger partial charge in [-0.1, -0.05) is 19.8 Å². The molecule has 0 saturated heterocycles. The second kappa shape index (κ2) is 8.86. The summed E-state index contributed by atoms with van der Waals surface area (Å²) in [4.78, 5) is 11.6. The predicted octanol–water partition coefficient (Wildman–Crippen LogP) is 3.52. The average molecular weight is 266 g/mol. The van der Waals surface area contributed by atoms with E-state index >= 15 is 0 Å². The molecule has 0 aliphatic rings. The Morgan fingerprint density at radius 2 is 1.94 bits per heavy atom. The number of unbranched alkanes of at least 4 members (excludes halogenated alkanes) is 2. The highest BCUT2D eigenvalue weighted by atomic mass is 32.2. The van der Waals surface area contributed by atoms with Crippen molar-refractivity contribution >= 4 is 29.0 Å². The number of hydrogen-bond donors (Lipinski definition) is 2. The molecule has 0 aliphatic heterocycles. The van der Waals surface area contributed by atoms with Crippen LogP contribution in [0.1, 0.15) is 32.6 Å². The zero-order valence-electron chi connectivity index (χ0n) is 10.9. The third-order valence-corrected chi connectivity index (χ3v) is 3.63. The largest absolute Gasteiger partial charge is 0.399 e. The van der Waals surface area contributed by atoms with Gasteiger partial charge >= 0.3 is 0 Å². The van der Waals surface area contributed by atoms with Crippen LogP contribution in [0.2, 0.25) is 0 Å². The average Bonchev–Trinajstić information content (AvgIpc) is 2.36. The van der Waals surface area contributed by atoms with E-state index in [0.717, 1.165) is 17.2 Å². The molecule has 0 unspecified atom stereocenters. The molecule has 3 nitrogen and oxygen atoms in total. The van der Waals surface area contributed by atoms with E-state index in [-0.39, 0.29) is 5.91 Å². The van der Waals surface area contributed by atoms with E-state index in [1.165, 1.54) is 19.3 Å². The van der Waals surface area contributed by atoms with Crippen LogP contribution in [0.25, 0.3) is 0 Å². The van der Waals surface area contributed by atoms with Crippen LogP contribution in [0.4, 0.5) is 11.4 Å². The number of amides is 1. The van der Waals surface area contributed by atoms with Crippen molar-refractivity contribution in [1.29, 1.82) is 0 Å². The summed E-state index contributed by atoms with van der Waals surface area (Å²) in [5.74, 6) is 2.12. The van der Waals surface area contributed by atoms with Gasteiger partial charge in [0, 0.05) is 23.5 Å². The van der Waals surface area contributed by atoms with Crippen LogP contribution in [0.15, 0.2) is 24.3 Å². The Morgan fingerprint density at radius 3 is 2.61 bits per heavy atom. The van der Waals surface area contributed by atoms with Gasteiger partial charge in [-0.25, -0.2) is 0 Å². The number of benzene rings is 1. The SMILES string of the molecule is CCCCCSCCC(=O)Nc1ccc(N)cc1. The Labute approximate surface area is 114 Å². The van der Waals surface area contributed by atoms with Crippen molar-refractivity contribution in [3.63, 3.8) is 0 Å². The lowest BCUT2D eigenvalue weighted by Gasteiger charge is -2.05. The maximum Gasteiger partial charge on any atom is 0.225 e. The standard InChI is InChI=1S/C14H22N2OS/c1-2-3-4-10-18-11-9-14(17)16-13-7-5-12(15)6-8-13/h5-8H,2-4,9-11,15H2,1H3,(H,16,17). The minimum atomic E-state index is 0.0720. The van der Waals surface area contributed by atoms with Crippen LogP contribution in [0.3, 0.4) is 0 Å². The highest BCUT2D eigenvalue weighted by Gasteiger charge is 2.02. The summed E-state index contributed by atoms with van der Waals surface area (Å²) in [5, 5.41) is 2.86. The number of hydrogen-bond acceptors (Lipinski definition) is 3. The van der Waals surface area contributed by atoms with E-state index in [0.29, 0.717) is 12.1 Å². The zero-order valence-corrected chi connectivity index (χ0v) is 11.8. The molecule has 18 heavy (non-hydrogen) atoms. The second-order valence-corrected chi connectivity index (χ2v) is 5.46. The van der Waals surface area contributed by atoms with Crippen LogP contribution in [-0.2, 0) is 4.79 Å². The molecule has 0 bridgehead atoms. The normalized spacial score (nSPS) is 10.3. The number of thioether (sulfide) groups is 1. The summed E-state index contributed by atoms with van der Waals surface area (Å²) in [6.07, 6.45) is 4.35. The van der Waals surface area contributed by atoms with Crippen LogP contribution >= 0.6 is 11.8 Å². The summed E-state index contributed by atoms with van der Waals surface area (Å²) in [6, 6.07) is 7.22. The number of rotatable bonds is 8. The monoisotopic (exact) mass is 266 g/mol. The van der Waals surface area contributed by atoms with Crippen LogP contribution in [-0.4, -0.2) is 17.4 Å². The topological polar surface area (TPSA) is 55.1 Å². The molecule has 100 valence electrons. The summed E-state index contributed by atoms with van der Waals surface area (Å²) < 4.78 is 0. The van der Waals surface area contributed by atoms with E-state index < -0.39 is 0 Å². The molecule has 4 heteroatoms. The zero-order chi connectivity index (χ0) is 13.2. The molecule has 0 aliphatic carbocycles. The minimum Gasteiger partial charge on any atom is -0.399 e. The molecule has 1 aromatic carbocycles. The first-order valence-electron chi connectivity index (χ1n) is 6.45. The lowest BCUT2D eigenvalue weighted by Crippen LogP contribution is -2.12. The van der Waals surface area contributed by atoms with Gasteiger partial charge in [-0.3, -0.25) is 4.79 Å². The van der Waals surface area contributed by atoms with Gasteiger partial charge in [-0.2, -0.15) is 11.8 Å². The molecule has 0 spiro atoms. The van der Waals surface area contributed by atoms with Gasteiger partial charge in [0.25, 0.3) is 0 Å². The smallest absolute Gasteiger partial charge is 0.225 e. The van der Waals surface area contributed by atoms with E-state index in [1.54, 1.807) is 12.1 Å². The predicted molar refractivity (Wildman–Crippen MR) is 81.0 cm³/mol. The molecule has 0 atom stereocenters. The quantitative estimate of drug-likeness (QED) is 0.559. The fraction of sp³-hybridized carbons (Fsp3) is 0.500. The Morgan fingerprint density at radius 1 is 1.22 bits per heavy atom. The molecule has 0 saturated carbocycles. The lowest BCUT2D eigenvalue weighted by atomic mass is 10.3. The first kappa shape index (κ1) is 14.9. The highest BCUT2D eigenvalue weighted by molar-refractivity contribution is 7.99. The van der Waals surface area contributed by atoms with Gasteiger partial charge < -0.3 is 11.1 Å². The Balaban J connectivity index is 2.12. The van der Waals surface area contributed by atoms with Gasteiger partial charge in [0.05, 0.1) is 0 Å². The molecule has 0 radical (unpaired) electrons. The Bertz CT molecular complexity index is 351. The van der Waals surface area contributed by atoms with Gasteiger partial charge in [-0.05, 0) is 36.4 Å². The molecule has 1 rings (SSSR count). The van der Waals surface area contributed by atoms with E-state index in [9.17, 15) is 4.79 Å². The third-order valence-electron chi connectivity index (χ3n) is 2.56. The van der Waals surface area contributed by atoms with Crippen molar-refractivity contribution in [2.24, 2.45) is 0 Å². The highest BCUT2D eigenvalue weighted by Crippen LogP contribution is 2.12. The molecular formula is C14H22N2OS. The Kier molecular flexibility index (Phi) is 7.34. The fourth-order valence-electron chi connectivity index (χ4n) is 1.51. The van der Waals surface area contributed by atoms with Gasteiger partial charge in [0.15, 0.2) is 0 Å². The van der Waals surface area contributed by atoms with E-state index in [4.69, 9.17) is 5.73 Å². The van der Waals surface area contributed by atoms with Crippen molar-refractivity contribution in [3.05, 3.63) is 24.3 Å². The van der Waals surface area contributed by atoms with Gasteiger partial charge in [-0.15, -0.1) is 0 Å². The van der Waals surface area contributed by atoms with Crippen LogP contribution in [0, 0.1) is 0 Å². The summed E-state index contributed by atoms with van der Waals surface area (Å²) >= 11 is 1.85. The van der Waals surface area contributed by atoms with Gasteiger partial charge in [0.1, 0.15) is 0 Å². The number of carbonyl (C=O) groups is 1. The van der Waals surface area contributed by atoms with Crippen molar-refractivity contribution < 1.29 is 4.79 Å². The van der Waals surface area contributed by atoms with E-state index in [2.05, 4.69) is 12.2 Å². The lowest BCUT2D eigenvalue weighted by molar-refractivity contribution is -0.115. The minimum absolute atomic E-state index is 0.0720. The van der Waals surface area contributed by atoms with E-state index in [1.807, 2.05) is 23.9 Å². The molecular weight excluding hydrogens is 244 g/mol. The molecule has 0 fully saturated rings. The Hall–Kier alpha value is -1.16. The molecule has 1 aromatic rings. The van der Waals surface area contributed by atoms with Crippen molar-refractivity contribution in [2.45, 2.75) is 32.6 Å². The number of anilines is 2.